The van der Waals surface area contributed by atoms with Crippen molar-refractivity contribution in [2.75, 3.05) is 46.1 Å². The van der Waals surface area contributed by atoms with Gasteiger partial charge in [-0.15, -0.1) is 12.4 Å². The molecule has 0 saturated carbocycles. The Kier molecular flexibility index (Phi) is 10.9. The summed E-state index contributed by atoms with van der Waals surface area (Å²) in [4.78, 5) is 12.0. The minimum atomic E-state index is 0. The Bertz CT molecular complexity index is 319. The standard InChI is InChI=1S/C17H32N2O3.ClH/c1-14(16-3-7-18-8-4-16)11-17(20)19-6-2-9-21-12-15-5-10-22-13-15;/h14-16,18H,2-13H2,1H3,(H,19,20);1H. The van der Waals surface area contributed by atoms with Gasteiger partial charge in [-0.05, 0) is 50.6 Å². The largest absolute Gasteiger partial charge is 0.381 e. The zero-order valence-electron chi connectivity index (χ0n) is 14.4. The topological polar surface area (TPSA) is 59.6 Å². The molecule has 0 spiro atoms. The van der Waals surface area contributed by atoms with Crippen molar-refractivity contribution in [3.8, 4) is 0 Å². The Labute approximate surface area is 146 Å². The first-order chi connectivity index (χ1) is 10.8. The van der Waals surface area contributed by atoms with Crippen LogP contribution in [0.5, 0.6) is 0 Å². The molecule has 1 amide bonds. The Morgan fingerprint density at radius 2 is 2.13 bits per heavy atom. The first-order valence-electron chi connectivity index (χ1n) is 8.88. The van der Waals surface area contributed by atoms with Crippen molar-refractivity contribution in [1.82, 2.24) is 10.6 Å². The molecule has 136 valence electrons. The summed E-state index contributed by atoms with van der Waals surface area (Å²) in [7, 11) is 0. The normalized spacial score (nSPS) is 23.3. The van der Waals surface area contributed by atoms with Gasteiger partial charge in [-0.2, -0.15) is 0 Å². The molecule has 2 fully saturated rings. The van der Waals surface area contributed by atoms with Crippen LogP contribution in [0.15, 0.2) is 0 Å². The second kappa shape index (κ2) is 12.1. The monoisotopic (exact) mass is 348 g/mol. The van der Waals surface area contributed by atoms with Gasteiger partial charge in [0, 0.05) is 32.1 Å². The SMILES string of the molecule is CC(CC(=O)NCCCOCC1CCOC1)C1CCNCC1.Cl. The molecular weight excluding hydrogens is 316 g/mol. The van der Waals surface area contributed by atoms with Crippen LogP contribution in [0, 0.1) is 17.8 Å². The van der Waals surface area contributed by atoms with Gasteiger partial charge in [-0.25, -0.2) is 0 Å². The maximum absolute atomic E-state index is 12.0. The Balaban J connectivity index is 0.00000264. The third kappa shape index (κ3) is 8.34. The maximum Gasteiger partial charge on any atom is 0.220 e. The lowest BCUT2D eigenvalue weighted by atomic mass is 9.84. The molecule has 0 aromatic rings. The van der Waals surface area contributed by atoms with E-state index in [1.807, 2.05) is 0 Å². The van der Waals surface area contributed by atoms with Gasteiger partial charge in [0.15, 0.2) is 0 Å². The summed E-state index contributed by atoms with van der Waals surface area (Å²) in [6, 6.07) is 0. The van der Waals surface area contributed by atoms with Gasteiger partial charge in [-0.3, -0.25) is 4.79 Å². The van der Waals surface area contributed by atoms with E-state index in [1.54, 1.807) is 0 Å². The third-order valence-corrected chi connectivity index (χ3v) is 4.86. The lowest BCUT2D eigenvalue weighted by Crippen LogP contribution is -2.33. The van der Waals surface area contributed by atoms with Gasteiger partial charge in [0.1, 0.15) is 0 Å². The molecule has 0 bridgehead atoms. The number of hydrogen-bond donors (Lipinski definition) is 2. The summed E-state index contributed by atoms with van der Waals surface area (Å²) in [5.74, 6) is 1.94. The third-order valence-electron chi connectivity index (χ3n) is 4.86. The average molecular weight is 349 g/mol. The highest BCUT2D eigenvalue weighted by Gasteiger charge is 2.21. The molecule has 23 heavy (non-hydrogen) atoms. The van der Waals surface area contributed by atoms with Crippen LogP contribution in [-0.4, -0.2) is 52.0 Å². The molecule has 6 heteroatoms. The highest BCUT2D eigenvalue weighted by Crippen LogP contribution is 2.24. The van der Waals surface area contributed by atoms with E-state index in [-0.39, 0.29) is 18.3 Å². The molecule has 2 atom stereocenters. The fourth-order valence-electron chi connectivity index (χ4n) is 3.31. The summed E-state index contributed by atoms with van der Waals surface area (Å²) in [6.07, 6.45) is 5.07. The summed E-state index contributed by atoms with van der Waals surface area (Å²) in [5, 5.41) is 6.40. The number of hydrogen-bond acceptors (Lipinski definition) is 4. The van der Waals surface area contributed by atoms with E-state index in [2.05, 4.69) is 17.6 Å². The van der Waals surface area contributed by atoms with Crippen molar-refractivity contribution in [1.29, 1.82) is 0 Å². The van der Waals surface area contributed by atoms with Gasteiger partial charge < -0.3 is 20.1 Å². The number of halogens is 1. The van der Waals surface area contributed by atoms with E-state index < -0.39 is 0 Å². The Morgan fingerprint density at radius 1 is 1.35 bits per heavy atom. The van der Waals surface area contributed by atoms with Crippen LogP contribution in [0.3, 0.4) is 0 Å². The number of piperidine rings is 1. The zero-order valence-corrected chi connectivity index (χ0v) is 15.2. The summed E-state index contributed by atoms with van der Waals surface area (Å²) >= 11 is 0. The van der Waals surface area contributed by atoms with E-state index in [1.165, 1.54) is 12.8 Å². The summed E-state index contributed by atoms with van der Waals surface area (Å²) < 4.78 is 11.0. The van der Waals surface area contributed by atoms with Crippen molar-refractivity contribution in [2.45, 2.75) is 39.0 Å². The van der Waals surface area contributed by atoms with Gasteiger partial charge >= 0.3 is 0 Å². The first-order valence-corrected chi connectivity index (χ1v) is 8.88. The van der Waals surface area contributed by atoms with Crippen LogP contribution < -0.4 is 10.6 Å². The average Bonchev–Trinajstić information content (AvgIpc) is 3.05. The van der Waals surface area contributed by atoms with Crippen LogP contribution in [0.2, 0.25) is 0 Å². The van der Waals surface area contributed by atoms with Gasteiger partial charge in [0.05, 0.1) is 13.2 Å². The molecule has 2 heterocycles. The van der Waals surface area contributed by atoms with Crippen LogP contribution in [0.4, 0.5) is 0 Å². The Hall–Kier alpha value is -0.360. The van der Waals surface area contributed by atoms with E-state index in [0.29, 0.717) is 24.2 Å². The summed E-state index contributed by atoms with van der Waals surface area (Å²) in [6.45, 7) is 8.35. The first kappa shape index (κ1) is 20.7. The van der Waals surface area contributed by atoms with Crippen molar-refractivity contribution in [2.24, 2.45) is 17.8 Å². The predicted octanol–water partition coefficient (Wildman–Crippen LogP) is 1.99. The molecule has 2 unspecified atom stereocenters. The van der Waals surface area contributed by atoms with Gasteiger partial charge in [-0.1, -0.05) is 6.92 Å². The quantitative estimate of drug-likeness (QED) is 0.626. The van der Waals surface area contributed by atoms with E-state index in [9.17, 15) is 4.79 Å². The highest BCUT2D eigenvalue weighted by molar-refractivity contribution is 5.85. The molecule has 2 aliphatic heterocycles. The molecule has 0 radical (unpaired) electrons. The fourth-order valence-corrected chi connectivity index (χ4v) is 3.31. The smallest absolute Gasteiger partial charge is 0.220 e. The molecule has 2 aliphatic rings. The van der Waals surface area contributed by atoms with Crippen molar-refractivity contribution >= 4 is 18.3 Å². The van der Waals surface area contributed by atoms with E-state index in [0.717, 1.165) is 58.9 Å². The molecule has 0 aliphatic carbocycles. The second-order valence-electron chi connectivity index (χ2n) is 6.78. The van der Waals surface area contributed by atoms with Crippen molar-refractivity contribution in [3.05, 3.63) is 0 Å². The number of rotatable bonds is 9. The fraction of sp³-hybridized carbons (Fsp3) is 0.941. The van der Waals surface area contributed by atoms with E-state index in [4.69, 9.17) is 9.47 Å². The van der Waals surface area contributed by atoms with Crippen LogP contribution >= 0.6 is 12.4 Å². The minimum absolute atomic E-state index is 0. The minimum Gasteiger partial charge on any atom is -0.381 e. The summed E-state index contributed by atoms with van der Waals surface area (Å²) in [5.41, 5.74) is 0. The van der Waals surface area contributed by atoms with Crippen molar-refractivity contribution < 1.29 is 14.3 Å². The molecule has 2 N–H and O–H groups in total. The van der Waals surface area contributed by atoms with Crippen LogP contribution in [-0.2, 0) is 14.3 Å². The predicted molar refractivity (Wildman–Crippen MR) is 94.0 cm³/mol. The molecule has 2 saturated heterocycles. The lowest BCUT2D eigenvalue weighted by Gasteiger charge is -2.27. The maximum atomic E-state index is 12.0. The molecular formula is C17H33ClN2O3. The Morgan fingerprint density at radius 3 is 2.83 bits per heavy atom. The number of ether oxygens (including phenoxy) is 2. The lowest BCUT2D eigenvalue weighted by molar-refractivity contribution is -0.122. The van der Waals surface area contributed by atoms with Gasteiger partial charge in [0.2, 0.25) is 5.91 Å². The van der Waals surface area contributed by atoms with Gasteiger partial charge in [0.25, 0.3) is 0 Å². The second-order valence-corrected chi connectivity index (χ2v) is 6.78. The van der Waals surface area contributed by atoms with Crippen LogP contribution in [0.1, 0.15) is 39.0 Å². The molecule has 0 aromatic heterocycles. The zero-order chi connectivity index (χ0) is 15.6. The number of carbonyl (C=O) groups excluding carboxylic acids is 1. The molecule has 0 aromatic carbocycles. The number of amides is 1. The molecule has 5 nitrogen and oxygen atoms in total. The number of nitrogens with one attached hydrogen (secondary N) is 2. The van der Waals surface area contributed by atoms with Crippen molar-refractivity contribution in [3.63, 3.8) is 0 Å². The molecule has 2 rings (SSSR count). The highest BCUT2D eigenvalue weighted by atomic mass is 35.5. The van der Waals surface area contributed by atoms with E-state index >= 15 is 0 Å². The van der Waals surface area contributed by atoms with Crippen LogP contribution in [0.25, 0.3) is 0 Å². The number of carbonyl (C=O) groups is 1.